The van der Waals surface area contributed by atoms with Crippen LogP contribution in [0.4, 0.5) is 15.8 Å². The Morgan fingerprint density at radius 2 is 1.56 bits per heavy atom. The predicted molar refractivity (Wildman–Crippen MR) is 74.6 cm³/mol. The molecule has 0 amide bonds. The van der Waals surface area contributed by atoms with Crippen LogP contribution in [0.5, 0.6) is 0 Å². The number of nitrogens with one attached hydrogen (secondary N) is 2. The highest BCUT2D eigenvalue weighted by Crippen LogP contribution is 2.10. The van der Waals surface area contributed by atoms with E-state index in [4.69, 9.17) is 0 Å². The first-order chi connectivity index (χ1) is 8.74. The molecule has 2 aromatic carbocycles. The third-order valence-electron chi connectivity index (χ3n) is 2.65. The topological polar surface area (TPSA) is 24.1 Å². The summed E-state index contributed by atoms with van der Waals surface area (Å²) >= 11 is 0. The lowest BCUT2D eigenvalue weighted by Gasteiger charge is -2.09. The lowest BCUT2D eigenvalue weighted by Crippen LogP contribution is -2.13. The van der Waals surface area contributed by atoms with Crippen LogP contribution >= 0.6 is 0 Å². The van der Waals surface area contributed by atoms with Crippen molar-refractivity contribution >= 4 is 11.4 Å². The third-order valence-corrected chi connectivity index (χ3v) is 2.65. The van der Waals surface area contributed by atoms with Gasteiger partial charge < -0.3 is 10.6 Å². The molecule has 18 heavy (non-hydrogen) atoms. The molecule has 2 rings (SSSR count). The second kappa shape index (κ2) is 6.05. The first kappa shape index (κ1) is 12.4. The number of anilines is 2. The number of hydrogen-bond acceptors (Lipinski definition) is 2. The summed E-state index contributed by atoms with van der Waals surface area (Å²) in [5.74, 6) is -0.210. The fourth-order valence-corrected chi connectivity index (χ4v) is 1.74. The molecule has 0 unspecified atom stereocenters. The molecule has 0 fully saturated rings. The van der Waals surface area contributed by atoms with Gasteiger partial charge in [0.1, 0.15) is 5.82 Å². The average Bonchev–Trinajstić information content (AvgIpc) is 2.37. The number of benzene rings is 2. The number of rotatable bonds is 5. The summed E-state index contributed by atoms with van der Waals surface area (Å²) in [5.41, 5.74) is 3.30. The molecule has 0 spiro atoms. The standard InChI is InChI=1S/C15H17FN2/c1-12-3-2-4-15(11-12)18-10-9-17-14-7-5-13(16)6-8-14/h2-8,11,17-18H,9-10H2,1H3. The van der Waals surface area contributed by atoms with E-state index < -0.39 is 0 Å². The molecule has 0 saturated carbocycles. The molecule has 2 nitrogen and oxygen atoms in total. The minimum absolute atomic E-state index is 0.210. The molecule has 0 radical (unpaired) electrons. The number of hydrogen-bond donors (Lipinski definition) is 2. The second-order valence-electron chi connectivity index (χ2n) is 4.23. The molecule has 3 heteroatoms. The molecular weight excluding hydrogens is 227 g/mol. The molecule has 0 aromatic heterocycles. The molecule has 0 heterocycles. The van der Waals surface area contributed by atoms with Crippen molar-refractivity contribution in [2.75, 3.05) is 23.7 Å². The van der Waals surface area contributed by atoms with Gasteiger partial charge in [0.2, 0.25) is 0 Å². The molecule has 0 aliphatic rings. The van der Waals surface area contributed by atoms with Crippen LogP contribution in [0.25, 0.3) is 0 Å². The van der Waals surface area contributed by atoms with Crippen molar-refractivity contribution in [1.29, 1.82) is 0 Å². The Bertz CT molecular complexity index is 494. The summed E-state index contributed by atoms with van der Waals surface area (Å²) in [6.45, 7) is 3.68. The summed E-state index contributed by atoms with van der Waals surface area (Å²) in [6.07, 6.45) is 0. The van der Waals surface area contributed by atoms with E-state index in [0.717, 1.165) is 24.5 Å². The van der Waals surface area contributed by atoms with Gasteiger partial charge in [0.15, 0.2) is 0 Å². The van der Waals surface area contributed by atoms with Gasteiger partial charge >= 0.3 is 0 Å². The average molecular weight is 244 g/mol. The van der Waals surface area contributed by atoms with Gasteiger partial charge in [-0.3, -0.25) is 0 Å². The van der Waals surface area contributed by atoms with Gasteiger partial charge in [-0.25, -0.2) is 4.39 Å². The minimum atomic E-state index is -0.210. The van der Waals surface area contributed by atoms with E-state index in [9.17, 15) is 4.39 Å². The van der Waals surface area contributed by atoms with Crippen molar-refractivity contribution in [3.8, 4) is 0 Å². The van der Waals surface area contributed by atoms with Gasteiger partial charge in [0, 0.05) is 24.5 Å². The van der Waals surface area contributed by atoms with E-state index in [-0.39, 0.29) is 5.82 Å². The van der Waals surface area contributed by atoms with E-state index >= 15 is 0 Å². The zero-order valence-electron chi connectivity index (χ0n) is 10.4. The van der Waals surface area contributed by atoms with Gasteiger partial charge in [-0.15, -0.1) is 0 Å². The Morgan fingerprint density at radius 3 is 2.22 bits per heavy atom. The predicted octanol–water partition coefficient (Wildman–Crippen LogP) is 3.66. The Morgan fingerprint density at radius 1 is 0.889 bits per heavy atom. The van der Waals surface area contributed by atoms with Crippen molar-refractivity contribution in [1.82, 2.24) is 0 Å². The Kier molecular flexibility index (Phi) is 4.18. The van der Waals surface area contributed by atoms with Crippen LogP contribution in [-0.4, -0.2) is 13.1 Å². The Hall–Kier alpha value is -2.03. The Balaban J connectivity index is 1.74. The van der Waals surface area contributed by atoms with Gasteiger partial charge in [-0.2, -0.15) is 0 Å². The monoisotopic (exact) mass is 244 g/mol. The SMILES string of the molecule is Cc1cccc(NCCNc2ccc(F)cc2)c1. The quantitative estimate of drug-likeness (QED) is 0.784. The van der Waals surface area contributed by atoms with Crippen LogP contribution in [0.1, 0.15) is 5.56 Å². The summed E-state index contributed by atoms with van der Waals surface area (Å²) in [7, 11) is 0. The molecule has 2 N–H and O–H groups in total. The van der Waals surface area contributed by atoms with Crippen molar-refractivity contribution in [3.05, 3.63) is 59.9 Å². The Labute approximate surface area is 107 Å². The fourth-order valence-electron chi connectivity index (χ4n) is 1.74. The van der Waals surface area contributed by atoms with Crippen molar-refractivity contribution in [3.63, 3.8) is 0 Å². The van der Waals surface area contributed by atoms with Crippen molar-refractivity contribution in [2.24, 2.45) is 0 Å². The summed E-state index contributed by atoms with van der Waals surface area (Å²) in [4.78, 5) is 0. The lowest BCUT2D eigenvalue weighted by molar-refractivity contribution is 0.628. The molecule has 0 aliphatic carbocycles. The highest BCUT2D eigenvalue weighted by atomic mass is 19.1. The first-order valence-electron chi connectivity index (χ1n) is 6.04. The first-order valence-corrected chi connectivity index (χ1v) is 6.04. The minimum Gasteiger partial charge on any atom is -0.383 e. The summed E-state index contributed by atoms with van der Waals surface area (Å²) < 4.78 is 12.7. The van der Waals surface area contributed by atoms with E-state index in [2.05, 4.69) is 29.7 Å². The molecule has 0 aliphatic heterocycles. The molecular formula is C15H17FN2. The van der Waals surface area contributed by atoms with Crippen LogP contribution in [0.2, 0.25) is 0 Å². The van der Waals surface area contributed by atoms with Gasteiger partial charge in [-0.1, -0.05) is 12.1 Å². The van der Waals surface area contributed by atoms with E-state index in [1.54, 1.807) is 12.1 Å². The largest absolute Gasteiger partial charge is 0.383 e. The van der Waals surface area contributed by atoms with E-state index in [1.807, 2.05) is 12.1 Å². The zero-order valence-corrected chi connectivity index (χ0v) is 10.4. The second-order valence-corrected chi connectivity index (χ2v) is 4.23. The maximum absolute atomic E-state index is 12.7. The molecule has 0 atom stereocenters. The third kappa shape index (κ3) is 3.77. The van der Waals surface area contributed by atoms with Gasteiger partial charge in [0.25, 0.3) is 0 Å². The van der Waals surface area contributed by atoms with Crippen LogP contribution < -0.4 is 10.6 Å². The van der Waals surface area contributed by atoms with E-state index in [1.165, 1.54) is 17.7 Å². The maximum atomic E-state index is 12.7. The highest BCUT2D eigenvalue weighted by Gasteiger charge is 1.94. The molecule has 94 valence electrons. The summed E-state index contributed by atoms with van der Waals surface area (Å²) in [6, 6.07) is 14.6. The smallest absolute Gasteiger partial charge is 0.123 e. The summed E-state index contributed by atoms with van der Waals surface area (Å²) in [5, 5.41) is 6.56. The van der Waals surface area contributed by atoms with Crippen LogP contribution in [0.3, 0.4) is 0 Å². The number of halogens is 1. The van der Waals surface area contributed by atoms with Crippen LogP contribution in [0, 0.1) is 12.7 Å². The van der Waals surface area contributed by atoms with Gasteiger partial charge in [0.05, 0.1) is 0 Å². The maximum Gasteiger partial charge on any atom is 0.123 e. The highest BCUT2D eigenvalue weighted by molar-refractivity contribution is 5.46. The number of aryl methyl sites for hydroxylation is 1. The van der Waals surface area contributed by atoms with Crippen LogP contribution in [-0.2, 0) is 0 Å². The fraction of sp³-hybridized carbons (Fsp3) is 0.200. The van der Waals surface area contributed by atoms with Crippen LogP contribution in [0.15, 0.2) is 48.5 Å². The van der Waals surface area contributed by atoms with Crippen molar-refractivity contribution in [2.45, 2.75) is 6.92 Å². The molecule has 0 bridgehead atoms. The lowest BCUT2D eigenvalue weighted by atomic mass is 10.2. The zero-order chi connectivity index (χ0) is 12.8. The molecule has 2 aromatic rings. The normalized spacial score (nSPS) is 10.1. The van der Waals surface area contributed by atoms with Gasteiger partial charge in [-0.05, 0) is 48.9 Å². The van der Waals surface area contributed by atoms with Crippen molar-refractivity contribution < 1.29 is 4.39 Å². The van der Waals surface area contributed by atoms with E-state index in [0.29, 0.717) is 0 Å². The molecule has 0 saturated heterocycles.